The zero-order valence-electron chi connectivity index (χ0n) is 17.2. The first-order chi connectivity index (χ1) is 15.2. The van der Waals surface area contributed by atoms with Crippen molar-refractivity contribution < 1.29 is 72.5 Å². The van der Waals surface area contributed by atoms with Gasteiger partial charge in [0.2, 0.25) is 0 Å². The first kappa shape index (κ1) is 29.5. The monoisotopic (exact) mass is 520 g/mol. The van der Waals surface area contributed by atoms with E-state index in [0.29, 0.717) is 0 Å². The van der Waals surface area contributed by atoms with Crippen LogP contribution in [0, 0.1) is 11.8 Å². The molecule has 0 saturated heterocycles. The van der Waals surface area contributed by atoms with Crippen molar-refractivity contribution in [2.75, 3.05) is 13.2 Å². The molecule has 0 amide bonds. The first-order valence-electron chi connectivity index (χ1n) is 9.28. The highest BCUT2D eigenvalue weighted by Crippen LogP contribution is 2.38. The van der Waals surface area contributed by atoms with E-state index in [0.717, 1.165) is 6.92 Å². The van der Waals surface area contributed by atoms with Crippen LogP contribution in [-0.4, -0.2) is 61.4 Å². The average Bonchev–Trinajstić information content (AvgIpc) is 2.68. The summed E-state index contributed by atoms with van der Waals surface area (Å²) in [7, 11) is 0. The van der Waals surface area contributed by atoms with Crippen molar-refractivity contribution in [1.29, 1.82) is 0 Å². The van der Waals surface area contributed by atoms with E-state index in [-0.39, 0.29) is 5.57 Å². The highest BCUT2D eigenvalue weighted by molar-refractivity contribution is 5.87. The molecule has 16 heteroatoms. The van der Waals surface area contributed by atoms with Gasteiger partial charge in [0.1, 0.15) is 6.10 Å². The smallest absolute Gasteiger partial charge is 0.456 e. The number of carbonyl (C=O) groups is 3. The van der Waals surface area contributed by atoms with Crippen LogP contribution < -0.4 is 0 Å². The van der Waals surface area contributed by atoms with Gasteiger partial charge in [0.25, 0.3) is 0 Å². The Kier molecular flexibility index (Phi) is 9.00. The predicted molar refractivity (Wildman–Crippen MR) is 89.4 cm³/mol. The summed E-state index contributed by atoms with van der Waals surface area (Å²) < 4.78 is 138. The fourth-order valence-corrected chi connectivity index (χ4v) is 2.69. The van der Waals surface area contributed by atoms with E-state index in [9.17, 15) is 58.3 Å². The fourth-order valence-electron chi connectivity index (χ4n) is 2.69. The Morgan fingerprint density at radius 1 is 0.794 bits per heavy atom. The van der Waals surface area contributed by atoms with E-state index in [4.69, 9.17) is 4.74 Å². The molecule has 0 bridgehead atoms. The topological polar surface area (TPSA) is 78.9 Å². The molecule has 0 aromatic rings. The summed E-state index contributed by atoms with van der Waals surface area (Å²) >= 11 is 0. The molecular weight excluding hydrogens is 502 g/mol. The summed E-state index contributed by atoms with van der Waals surface area (Å²) in [5, 5.41) is 0. The lowest BCUT2D eigenvalue weighted by Gasteiger charge is -2.34. The lowest BCUT2D eigenvalue weighted by molar-refractivity contribution is -0.295. The van der Waals surface area contributed by atoms with Crippen LogP contribution in [0.1, 0.15) is 26.2 Å². The standard InChI is InChI=1S/C18H18F10O6/c1-8(2)12(29)34-11-5-9(13(30)32-6-15(19,20)17(23,24)25)3-4-10(11)14(31)33-7-16(21,22)18(26,27)28/h9-11H,1,3-7H2,2H3. The lowest BCUT2D eigenvalue weighted by atomic mass is 9.79. The largest absolute Gasteiger partial charge is 0.459 e. The van der Waals surface area contributed by atoms with Crippen LogP contribution in [-0.2, 0) is 28.6 Å². The number of halogens is 10. The van der Waals surface area contributed by atoms with E-state index >= 15 is 0 Å². The van der Waals surface area contributed by atoms with E-state index in [1.165, 1.54) is 0 Å². The third-order valence-corrected chi connectivity index (χ3v) is 4.66. The van der Waals surface area contributed by atoms with Gasteiger partial charge in [-0.15, -0.1) is 0 Å². The molecule has 1 aliphatic rings. The highest BCUT2D eigenvalue weighted by Gasteiger charge is 2.59. The molecule has 0 radical (unpaired) electrons. The van der Waals surface area contributed by atoms with E-state index < -0.39 is 92.5 Å². The maximum atomic E-state index is 13.0. The van der Waals surface area contributed by atoms with Crippen molar-refractivity contribution in [3.05, 3.63) is 12.2 Å². The molecule has 1 saturated carbocycles. The number of ether oxygens (including phenoxy) is 3. The molecule has 1 aliphatic carbocycles. The number of rotatable bonds is 8. The van der Waals surface area contributed by atoms with Crippen molar-refractivity contribution in [3.63, 3.8) is 0 Å². The van der Waals surface area contributed by atoms with Crippen molar-refractivity contribution in [1.82, 2.24) is 0 Å². The Hall–Kier alpha value is -2.55. The molecule has 0 spiro atoms. The van der Waals surface area contributed by atoms with Crippen LogP contribution in [0.15, 0.2) is 12.2 Å². The molecule has 6 nitrogen and oxygen atoms in total. The van der Waals surface area contributed by atoms with Crippen LogP contribution in [0.3, 0.4) is 0 Å². The van der Waals surface area contributed by atoms with Gasteiger partial charge in [-0.3, -0.25) is 9.59 Å². The summed E-state index contributed by atoms with van der Waals surface area (Å²) in [6, 6.07) is 0. The van der Waals surface area contributed by atoms with Gasteiger partial charge in [-0.2, -0.15) is 43.9 Å². The third-order valence-electron chi connectivity index (χ3n) is 4.66. The van der Waals surface area contributed by atoms with Crippen molar-refractivity contribution in [3.8, 4) is 0 Å². The van der Waals surface area contributed by atoms with Crippen LogP contribution >= 0.6 is 0 Å². The molecule has 3 atom stereocenters. The molecule has 1 fully saturated rings. The van der Waals surface area contributed by atoms with Crippen LogP contribution in [0.2, 0.25) is 0 Å². The Labute approximate surface area is 185 Å². The van der Waals surface area contributed by atoms with Gasteiger partial charge in [0.05, 0.1) is 11.8 Å². The Balaban J connectivity index is 2.92. The molecule has 34 heavy (non-hydrogen) atoms. The normalized spacial score (nSPS) is 22.0. The Morgan fingerprint density at radius 2 is 1.24 bits per heavy atom. The minimum atomic E-state index is -6.03. The van der Waals surface area contributed by atoms with Crippen LogP contribution in [0.5, 0.6) is 0 Å². The Morgan fingerprint density at radius 3 is 1.65 bits per heavy atom. The minimum Gasteiger partial charge on any atom is -0.459 e. The molecule has 0 aromatic heterocycles. The zero-order valence-corrected chi connectivity index (χ0v) is 17.2. The summed E-state index contributed by atoms with van der Waals surface area (Å²) in [5.41, 5.74) is -0.245. The van der Waals surface area contributed by atoms with Gasteiger partial charge in [-0.05, 0) is 26.2 Å². The van der Waals surface area contributed by atoms with Gasteiger partial charge in [-0.25, -0.2) is 4.79 Å². The molecule has 0 heterocycles. The second kappa shape index (κ2) is 10.4. The van der Waals surface area contributed by atoms with E-state index in [1.54, 1.807) is 0 Å². The average molecular weight is 520 g/mol. The zero-order chi connectivity index (χ0) is 26.7. The lowest BCUT2D eigenvalue weighted by Crippen LogP contribution is -2.45. The van der Waals surface area contributed by atoms with Gasteiger partial charge >= 0.3 is 42.1 Å². The summed E-state index contributed by atoms with van der Waals surface area (Å²) in [6.07, 6.45) is -15.4. The van der Waals surface area contributed by atoms with Gasteiger partial charge in [-0.1, -0.05) is 6.58 Å². The quantitative estimate of drug-likeness (QED) is 0.205. The summed E-state index contributed by atoms with van der Waals surface area (Å²) in [5.74, 6) is -18.2. The molecule has 0 N–H and O–H groups in total. The number of carbonyl (C=O) groups excluding carboxylic acids is 3. The number of hydrogen-bond acceptors (Lipinski definition) is 6. The molecule has 0 aromatic carbocycles. The van der Waals surface area contributed by atoms with E-state index in [1.807, 2.05) is 0 Å². The molecule has 196 valence electrons. The summed E-state index contributed by atoms with van der Waals surface area (Å²) in [6.45, 7) is -0.362. The van der Waals surface area contributed by atoms with Crippen molar-refractivity contribution in [2.24, 2.45) is 11.8 Å². The number of hydrogen-bond donors (Lipinski definition) is 0. The Bertz CT molecular complexity index is 789. The predicted octanol–water partition coefficient (Wildman–Crippen LogP) is 4.37. The minimum absolute atomic E-state index is 0.245. The fraction of sp³-hybridized carbons (Fsp3) is 0.722. The molecular formula is C18H18F10O6. The van der Waals surface area contributed by atoms with Gasteiger partial charge < -0.3 is 14.2 Å². The van der Waals surface area contributed by atoms with Crippen molar-refractivity contribution in [2.45, 2.75) is 56.5 Å². The molecule has 3 unspecified atom stereocenters. The highest BCUT2D eigenvalue weighted by atomic mass is 19.4. The second-order valence-corrected chi connectivity index (χ2v) is 7.46. The van der Waals surface area contributed by atoms with Crippen LogP contribution in [0.25, 0.3) is 0 Å². The maximum Gasteiger partial charge on any atom is 0.456 e. The summed E-state index contributed by atoms with van der Waals surface area (Å²) in [4.78, 5) is 35.8. The number of esters is 3. The van der Waals surface area contributed by atoms with Crippen LogP contribution in [0.4, 0.5) is 43.9 Å². The SMILES string of the molecule is C=C(C)C(=O)OC1CC(C(=O)OCC(F)(F)C(F)(F)F)CCC1C(=O)OCC(F)(F)C(F)(F)F. The maximum absolute atomic E-state index is 13.0. The van der Waals surface area contributed by atoms with Gasteiger partial charge in [0, 0.05) is 5.57 Å². The molecule has 0 aliphatic heterocycles. The first-order valence-corrected chi connectivity index (χ1v) is 9.28. The van der Waals surface area contributed by atoms with Gasteiger partial charge in [0.15, 0.2) is 13.2 Å². The third kappa shape index (κ3) is 7.48. The number of alkyl halides is 10. The molecule has 1 rings (SSSR count). The van der Waals surface area contributed by atoms with Crippen molar-refractivity contribution >= 4 is 17.9 Å². The second-order valence-electron chi connectivity index (χ2n) is 7.46. The van der Waals surface area contributed by atoms with E-state index in [2.05, 4.69) is 16.1 Å².